The Morgan fingerprint density at radius 3 is 2.48 bits per heavy atom. The number of aromatic nitrogens is 2. The molecular formula is C22H30Cl2N2S. The topological polar surface area (TPSA) is 17.8 Å². The molecule has 0 radical (unpaired) electrons. The summed E-state index contributed by atoms with van der Waals surface area (Å²) in [5.74, 6) is 1.15. The fourth-order valence-electron chi connectivity index (χ4n) is 3.09. The normalized spacial score (nSPS) is 12.2. The molecule has 1 atom stereocenters. The number of rotatable bonds is 14. The van der Waals surface area contributed by atoms with Crippen LogP contribution in [-0.2, 0) is 6.54 Å². The molecule has 0 fully saturated rings. The summed E-state index contributed by atoms with van der Waals surface area (Å²) in [7, 11) is 0. The first-order valence-corrected chi connectivity index (χ1v) is 11.6. The largest absolute Gasteiger partial charge is 0.336 e. The highest BCUT2D eigenvalue weighted by molar-refractivity contribution is 7.99. The average Bonchev–Trinajstić information content (AvgIpc) is 3.15. The first-order chi connectivity index (χ1) is 13.2. The molecule has 5 heteroatoms. The number of hydrogen-bond donors (Lipinski definition) is 0. The number of thioether (sulfide) groups is 1. The van der Waals surface area contributed by atoms with E-state index in [0.717, 1.165) is 29.3 Å². The minimum atomic E-state index is 0.308. The Morgan fingerprint density at radius 1 is 1.07 bits per heavy atom. The van der Waals surface area contributed by atoms with E-state index in [1.54, 1.807) is 0 Å². The van der Waals surface area contributed by atoms with E-state index in [-0.39, 0.29) is 0 Å². The maximum Gasteiger partial charge on any atom is 0.0946 e. The Hall–Kier alpha value is -0.900. The molecule has 2 aromatic rings. The summed E-state index contributed by atoms with van der Waals surface area (Å²) in [5, 5.41) is 1.74. The highest BCUT2D eigenvalue weighted by atomic mass is 35.5. The maximum atomic E-state index is 6.47. The molecule has 0 spiro atoms. The Balaban J connectivity index is 1.75. The van der Waals surface area contributed by atoms with E-state index in [9.17, 15) is 0 Å². The third-order valence-electron chi connectivity index (χ3n) is 4.62. The highest BCUT2D eigenvalue weighted by Gasteiger charge is 2.16. The second-order valence-electron chi connectivity index (χ2n) is 6.84. The lowest BCUT2D eigenvalue weighted by molar-refractivity contribution is 0.593. The van der Waals surface area contributed by atoms with Gasteiger partial charge in [-0.25, -0.2) is 4.98 Å². The number of nitrogens with zero attached hydrogens (tertiary/aromatic N) is 2. The SMILES string of the molecule is C=CCCCCCCCCCSC(Cn1ccnc1)c1ccc(Cl)cc1Cl. The molecule has 0 aliphatic heterocycles. The molecule has 2 rings (SSSR count). The molecule has 0 bridgehead atoms. The van der Waals surface area contributed by atoms with Gasteiger partial charge in [0.15, 0.2) is 0 Å². The number of unbranched alkanes of at least 4 members (excludes halogenated alkanes) is 7. The van der Waals surface area contributed by atoms with Crippen molar-refractivity contribution in [3.63, 3.8) is 0 Å². The molecule has 0 N–H and O–H groups in total. The molecule has 1 heterocycles. The first-order valence-electron chi connectivity index (χ1n) is 9.84. The van der Waals surface area contributed by atoms with Gasteiger partial charge in [0.1, 0.15) is 0 Å². The lowest BCUT2D eigenvalue weighted by Gasteiger charge is -2.19. The molecule has 0 aliphatic rings. The summed E-state index contributed by atoms with van der Waals surface area (Å²) in [6.45, 7) is 4.65. The lowest BCUT2D eigenvalue weighted by atomic mass is 10.1. The predicted molar refractivity (Wildman–Crippen MR) is 121 cm³/mol. The third kappa shape index (κ3) is 8.76. The zero-order valence-corrected chi connectivity index (χ0v) is 18.3. The van der Waals surface area contributed by atoms with Crippen LogP contribution in [0.5, 0.6) is 0 Å². The lowest BCUT2D eigenvalue weighted by Crippen LogP contribution is -2.06. The standard InChI is InChI=1S/C22H30Cl2N2S/c1-2-3-4-5-6-7-8-9-10-15-27-22(17-26-14-13-25-18-26)20-12-11-19(23)16-21(20)24/h2,11-14,16,18,22H,1,3-10,15,17H2. The van der Waals surface area contributed by atoms with Crippen molar-refractivity contribution in [2.24, 2.45) is 0 Å². The van der Waals surface area contributed by atoms with Gasteiger partial charge in [0, 0.05) is 34.2 Å². The van der Waals surface area contributed by atoms with Gasteiger partial charge >= 0.3 is 0 Å². The van der Waals surface area contributed by atoms with Gasteiger partial charge in [0.25, 0.3) is 0 Å². The summed E-state index contributed by atoms with van der Waals surface area (Å²) >= 11 is 14.5. The van der Waals surface area contributed by atoms with Crippen molar-refractivity contribution in [2.75, 3.05) is 5.75 Å². The number of allylic oxidation sites excluding steroid dienone is 1. The number of benzene rings is 1. The van der Waals surface area contributed by atoms with Gasteiger partial charge in [0.05, 0.1) is 6.33 Å². The van der Waals surface area contributed by atoms with E-state index in [0.29, 0.717) is 10.3 Å². The van der Waals surface area contributed by atoms with Gasteiger partial charge in [-0.05, 0) is 42.7 Å². The Kier molecular flexibility index (Phi) is 11.0. The van der Waals surface area contributed by atoms with Crippen molar-refractivity contribution in [3.8, 4) is 0 Å². The minimum absolute atomic E-state index is 0.308. The fourth-order valence-corrected chi connectivity index (χ4v) is 5.01. The van der Waals surface area contributed by atoms with Gasteiger partial charge in [0.2, 0.25) is 0 Å². The van der Waals surface area contributed by atoms with Crippen LogP contribution in [0, 0.1) is 0 Å². The van der Waals surface area contributed by atoms with E-state index < -0.39 is 0 Å². The van der Waals surface area contributed by atoms with E-state index in [1.807, 2.05) is 48.7 Å². The smallest absolute Gasteiger partial charge is 0.0946 e. The third-order valence-corrected chi connectivity index (χ3v) is 6.51. The molecule has 0 amide bonds. The van der Waals surface area contributed by atoms with Crippen molar-refractivity contribution in [3.05, 3.63) is 65.2 Å². The summed E-state index contributed by atoms with van der Waals surface area (Å²) < 4.78 is 2.12. The van der Waals surface area contributed by atoms with Gasteiger partial charge in [-0.3, -0.25) is 0 Å². The molecule has 2 nitrogen and oxygen atoms in total. The molecule has 0 saturated carbocycles. The molecule has 0 aliphatic carbocycles. The second kappa shape index (κ2) is 13.3. The Bertz CT molecular complexity index is 658. The quantitative estimate of drug-likeness (QED) is 0.226. The van der Waals surface area contributed by atoms with Crippen LogP contribution in [0.4, 0.5) is 0 Å². The highest BCUT2D eigenvalue weighted by Crippen LogP contribution is 2.36. The van der Waals surface area contributed by atoms with Crippen LogP contribution in [0.3, 0.4) is 0 Å². The summed E-state index contributed by atoms with van der Waals surface area (Å²) in [6, 6.07) is 5.82. The van der Waals surface area contributed by atoms with Gasteiger partial charge in [-0.1, -0.05) is 67.4 Å². The minimum Gasteiger partial charge on any atom is -0.336 e. The van der Waals surface area contributed by atoms with E-state index in [2.05, 4.69) is 22.2 Å². The zero-order chi connectivity index (χ0) is 19.3. The molecule has 148 valence electrons. The maximum absolute atomic E-state index is 6.47. The van der Waals surface area contributed by atoms with Gasteiger partial charge < -0.3 is 4.57 Å². The first kappa shape index (κ1) is 22.4. The Labute approximate surface area is 178 Å². The van der Waals surface area contributed by atoms with Crippen LogP contribution in [0.25, 0.3) is 0 Å². The van der Waals surface area contributed by atoms with Crippen molar-refractivity contribution < 1.29 is 0 Å². The van der Waals surface area contributed by atoms with Crippen molar-refractivity contribution in [2.45, 2.75) is 63.2 Å². The number of halogens is 2. The predicted octanol–water partition coefficient (Wildman–Crippen LogP) is 7.97. The van der Waals surface area contributed by atoms with Crippen LogP contribution in [-0.4, -0.2) is 15.3 Å². The summed E-state index contributed by atoms with van der Waals surface area (Å²) in [5.41, 5.74) is 1.15. The van der Waals surface area contributed by atoms with Crippen LogP contribution in [0.15, 0.2) is 49.6 Å². The average molecular weight is 425 g/mol. The molecule has 1 aromatic carbocycles. The Morgan fingerprint density at radius 2 is 1.81 bits per heavy atom. The molecule has 0 saturated heterocycles. The monoisotopic (exact) mass is 424 g/mol. The van der Waals surface area contributed by atoms with Crippen LogP contribution in [0.2, 0.25) is 10.0 Å². The molecule has 1 unspecified atom stereocenters. The molecule has 27 heavy (non-hydrogen) atoms. The number of imidazole rings is 1. The van der Waals surface area contributed by atoms with Gasteiger partial charge in [-0.15, -0.1) is 6.58 Å². The van der Waals surface area contributed by atoms with Crippen LogP contribution >= 0.6 is 35.0 Å². The van der Waals surface area contributed by atoms with Crippen molar-refractivity contribution in [1.82, 2.24) is 9.55 Å². The second-order valence-corrected chi connectivity index (χ2v) is 8.99. The van der Waals surface area contributed by atoms with Crippen LogP contribution < -0.4 is 0 Å². The van der Waals surface area contributed by atoms with Gasteiger partial charge in [-0.2, -0.15) is 11.8 Å². The fraction of sp³-hybridized carbons (Fsp3) is 0.500. The van der Waals surface area contributed by atoms with Crippen molar-refractivity contribution in [1.29, 1.82) is 0 Å². The van der Waals surface area contributed by atoms with E-state index in [4.69, 9.17) is 23.2 Å². The summed E-state index contributed by atoms with van der Waals surface area (Å²) in [4.78, 5) is 4.16. The van der Waals surface area contributed by atoms with E-state index in [1.165, 1.54) is 44.9 Å². The van der Waals surface area contributed by atoms with E-state index >= 15 is 0 Å². The summed E-state index contributed by atoms with van der Waals surface area (Å²) in [6.07, 6.45) is 18.1. The van der Waals surface area contributed by atoms with Crippen LogP contribution in [0.1, 0.15) is 62.2 Å². The zero-order valence-electron chi connectivity index (χ0n) is 16.0. The molecular weight excluding hydrogens is 395 g/mol. The number of hydrogen-bond acceptors (Lipinski definition) is 2. The van der Waals surface area contributed by atoms with Crippen molar-refractivity contribution >= 4 is 35.0 Å². The molecule has 1 aromatic heterocycles.